The fourth-order valence-electron chi connectivity index (χ4n) is 4.63. The quantitative estimate of drug-likeness (QED) is 0.326. The normalized spacial score (nSPS) is 14.2. The lowest BCUT2D eigenvalue weighted by Crippen LogP contribution is -2.23. The summed E-state index contributed by atoms with van der Waals surface area (Å²) in [6.45, 7) is 5.82. The highest BCUT2D eigenvalue weighted by Gasteiger charge is 2.29. The summed E-state index contributed by atoms with van der Waals surface area (Å²) in [5, 5.41) is 5.36. The van der Waals surface area contributed by atoms with Crippen LogP contribution >= 0.6 is 0 Å². The van der Waals surface area contributed by atoms with E-state index >= 15 is 0 Å². The molecule has 1 aliphatic rings. The molecule has 1 N–H and O–H groups in total. The van der Waals surface area contributed by atoms with Crippen LogP contribution in [0.1, 0.15) is 57.0 Å². The fraction of sp³-hybridized carbons (Fsp3) is 0.259. The predicted molar refractivity (Wildman–Crippen MR) is 130 cm³/mol. The van der Waals surface area contributed by atoms with Crippen LogP contribution in [-0.4, -0.2) is 22.6 Å². The highest BCUT2D eigenvalue weighted by Crippen LogP contribution is 2.31. The standard InChI is InChI=1S/C27H25N3O5/c1-15-10-16(2)24-18(14-33-22(24)11-15)12-23(31)30-29-20-7-4-8-21-25(20)17(3)26(35-21)27(32)34-19-6-5-9-28-13-19/h5-6,9-11,13-14H,4,7-8,12H2,1-3H3,(H,30,31)/b29-20+. The molecule has 0 spiro atoms. The van der Waals surface area contributed by atoms with Gasteiger partial charge >= 0.3 is 5.97 Å². The molecular formula is C27H25N3O5. The zero-order valence-electron chi connectivity index (χ0n) is 19.8. The Morgan fingerprint density at radius 2 is 2.06 bits per heavy atom. The van der Waals surface area contributed by atoms with Crippen LogP contribution in [-0.2, 0) is 17.6 Å². The van der Waals surface area contributed by atoms with Crippen LogP contribution < -0.4 is 10.2 Å². The summed E-state index contributed by atoms with van der Waals surface area (Å²) >= 11 is 0. The van der Waals surface area contributed by atoms with Crippen LogP contribution in [0, 0.1) is 20.8 Å². The number of aromatic nitrogens is 1. The van der Waals surface area contributed by atoms with Gasteiger partial charge in [-0.15, -0.1) is 0 Å². The smallest absolute Gasteiger partial charge is 0.379 e. The third-order valence-electron chi connectivity index (χ3n) is 6.12. The van der Waals surface area contributed by atoms with E-state index in [4.69, 9.17) is 13.6 Å². The first-order valence-corrected chi connectivity index (χ1v) is 11.5. The zero-order chi connectivity index (χ0) is 24.5. The van der Waals surface area contributed by atoms with Gasteiger partial charge in [-0.05, 0) is 62.9 Å². The van der Waals surface area contributed by atoms with E-state index in [1.54, 1.807) is 31.5 Å². The van der Waals surface area contributed by atoms with Gasteiger partial charge in [-0.25, -0.2) is 10.2 Å². The minimum absolute atomic E-state index is 0.135. The van der Waals surface area contributed by atoms with Gasteiger partial charge in [-0.3, -0.25) is 9.78 Å². The number of aryl methyl sites for hydroxylation is 3. The number of benzene rings is 1. The van der Waals surface area contributed by atoms with Crippen molar-refractivity contribution in [3.8, 4) is 5.75 Å². The van der Waals surface area contributed by atoms with Crippen molar-refractivity contribution in [2.45, 2.75) is 46.5 Å². The number of pyridine rings is 1. The van der Waals surface area contributed by atoms with Crippen molar-refractivity contribution < 1.29 is 23.2 Å². The Morgan fingerprint density at radius 1 is 1.20 bits per heavy atom. The number of esters is 1. The largest absolute Gasteiger partial charge is 0.464 e. The van der Waals surface area contributed by atoms with Gasteiger partial charge in [-0.2, -0.15) is 5.10 Å². The first kappa shape index (κ1) is 22.6. The van der Waals surface area contributed by atoms with E-state index in [-0.39, 0.29) is 18.1 Å². The molecule has 0 saturated heterocycles. The number of hydrazone groups is 1. The molecule has 0 bridgehead atoms. The van der Waals surface area contributed by atoms with Crippen molar-refractivity contribution in [2.75, 3.05) is 0 Å². The second-order valence-corrected chi connectivity index (χ2v) is 8.77. The lowest BCUT2D eigenvalue weighted by atomic mass is 9.93. The van der Waals surface area contributed by atoms with E-state index in [0.29, 0.717) is 35.6 Å². The summed E-state index contributed by atoms with van der Waals surface area (Å²) in [6.07, 6.45) is 6.99. The minimum atomic E-state index is -0.592. The molecule has 3 aromatic heterocycles. The Kier molecular flexibility index (Phi) is 5.94. The molecule has 178 valence electrons. The molecule has 1 aromatic carbocycles. The molecule has 0 atom stereocenters. The highest BCUT2D eigenvalue weighted by atomic mass is 16.5. The third kappa shape index (κ3) is 4.47. The van der Waals surface area contributed by atoms with E-state index in [1.165, 1.54) is 6.20 Å². The molecule has 4 aromatic rings. The maximum atomic E-state index is 12.7. The number of nitrogens with one attached hydrogen (secondary N) is 1. The van der Waals surface area contributed by atoms with E-state index in [9.17, 15) is 9.59 Å². The molecule has 8 heteroatoms. The molecule has 0 unspecified atom stereocenters. The zero-order valence-corrected chi connectivity index (χ0v) is 19.8. The number of fused-ring (bicyclic) bond motifs is 2. The lowest BCUT2D eigenvalue weighted by molar-refractivity contribution is -0.120. The molecule has 35 heavy (non-hydrogen) atoms. The summed E-state index contributed by atoms with van der Waals surface area (Å²) in [7, 11) is 0. The van der Waals surface area contributed by atoms with Crippen LogP contribution in [0.2, 0.25) is 0 Å². The van der Waals surface area contributed by atoms with Crippen LogP contribution in [0.25, 0.3) is 11.0 Å². The van der Waals surface area contributed by atoms with Gasteiger partial charge in [0.05, 0.1) is 24.6 Å². The van der Waals surface area contributed by atoms with Crippen LogP contribution in [0.3, 0.4) is 0 Å². The molecule has 3 heterocycles. The van der Waals surface area contributed by atoms with E-state index < -0.39 is 5.97 Å². The summed E-state index contributed by atoms with van der Waals surface area (Å²) < 4.78 is 16.9. The topological polar surface area (TPSA) is 107 Å². The number of hydrogen-bond donors (Lipinski definition) is 1. The number of nitrogens with zero attached hydrogens (tertiary/aromatic N) is 2. The maximum Gasteiger partial charge on any atom is 0.379 e. The number of carbonyl (C=O) groups is 2. The van der Waals surface area contributed by atoms with Crippen molar-refractivity contribution in [1.29, 1.82) is 0 Å². The summed E-state index contributed by atoms with van der Waals surface area (Å²) in [4.78, 5) is 29.4. The Bertz CT molecular complexity index is 1460. The van der Waals surface area contributed by atoms with E-state index in [0.717, 1.165) is 39.6 Å². The number of amides is 1. The minimum Gasteiger partial charge on any atom is -0.464 e. The van der Waals surface area contributed by atoms with E-state index in [1.807, 2.05) is 19.9 Å². The molecule has 1 aliphatic carbocycles. The van der Waals surface area contributed by atoms with Crippen molar-refractivity contribution in [1.82, 2.24) is 10.4 Å². The summed E-state index contributed by atoms with van der Waals surface area (Å²) in [6, 6.07) is 7.37. The number of rotatable bonds is 5. The van der Waals surface area contributed by atoms with Gasteiger partial charge in [0.1, 0.15) is 17.1 Å². The molecule has 5 rings (SSSR count). The summed E-state index contributed by atoms with van der Waals surface area (Å²) in [5.74, 6) is 0.308. The predicted octanol–water partition coefficient (Wildman–Crippen LogP) is 4.96. The van der Waals surface area contributed by atoms with E-state index in [2.05, 4.69) is 21.6 Å². The number of hydrogen-bond acceptors (Lipinski definition) is 7. The molecule has 0 radical (unpaired) electrons. The van der Waals surface area contributed by atoms with Crippen molar-refractivity contribution in [2.24, 2.45) is 5.10 Å². The summed E-state index contributed by atoms with van der Waals surface area (Å²) in [5.41, 5.74) is 8.53. The average Bonchev–Trinajstić information content (AvgIpc) is 3.39. The number of ether oxygens (including phenoxy) is 1. The molecule has 0 saturated carbocycles. The van der Waals surface area contributed by atoms with Crippen LogP contribution in [0.5, 0.6) is 5.75 Å². The molecule has 0 fully saturated rings. The van der Waals surface area contributed by atoms with Crippen molar-refractivity contribution in [3.05, 3.63) is 82.3 Å². The fourth-order valence-corrected chi connectivity index (χ4v) is 4.63. The molecular weight excluding hydrogens is 446 g/mol. The number of furan rings is 2. The Labute approximate surface area is 202 Å². The highest BCUT2D eigenvalue weighted by molar-refractivity contribution is 6.06. The SMILES string of the molecule is Cc1cc(C)c2c(CC(=O)N/N=C3\CCCc4oc(C(=O)Oc5cccnc5)c(C)c43)coc2c1. The molecule has 1 amide bonds. The second-order valence-electron chi connectivity index (χ2n) is 8.77. The molecule has 8 nitrogen and oxygen atoms in total. The first-order valence-electron chi connectivity index (χ1n) is 11.5. The van der Waals surface area contributed by atoms with Gasteiger partial charge in [0, 0.05) is 34.7 Å². The Hall–Kier alpha value is -4.20. The van der Waals surface area contributed by atoms with Crippen LogP contribution in [0.4, 0.5) is 0 Å². The molecule has 0 aliphatic heterocycles. The number of carbonyl (C=O) groups excluding carboxylic acids is 2. The van der Waals surface area contributed by atoms with Gasteiger partial charge in [0.25, 0.3) is 0 Å². The Morgan fingerprint density at radius 3 is 2.86 bits per heavy atom. The Balaban J connectivity index is 1.34. The van der Waals surface area contributed by atoms with Gasteiger partial charge in [0.15, 0.2) is 0 Å². The van der Waals surface area contributed by atoms with Crippen LogP contribution in [0.15, 0.2) is 56.9 Å². The van der Waals surface area contributed by atoms with Gasteiger partial charge in [0.2, 0.25) is 11.7 Å². The van der Waals surface area contributed by atoms with Crippen molar-refractivity contribution in [3.63, 3.8) is 0 Å². The monoisotopic (exact) mass is 471 g/mol. The van der Waals surface area contributed by atoms with Gasteiger partial charge in [-0.1, -0.05) is 6.07 Å². The van der Waals surface area contributed by atoms with Crippen molar-refractivity contribution >= 4 is 28.6 Å². The first-order chi connectivity index (χ1) is 16.9. The average molecular weight is 472 g/mol. The maximum absolute atomic E-state index is 12.7. The third-order valence-corrected chi connectivity index (χ3v) is 6.12. The second kappa shape index (κ2) is 9.21. The van der Waals surface area contributed by atoms with Gasteiger partial charge < -0.3 is 13.6 Å². The lowest BCUT2D eigenvalue weighted by Gasteiger charge is -2.13.